The summed E-state index contributed by atoms with van der Waals surface area (Å²) >= 11 is 0. The van der Waals surface area contributed by atoms with E-state index in [0.29, 0.717) is 65.6 Å². The third-order valence-corrected chi connectivity index (χ3v) is 7.80. The van der Waals surface area contributed by atoms with Crippen molar-refractivity contribution in [3.8, 4) is 17.2 Å². The molecule has 11 heteroatoms. The number of ether oxygens (including phenoxy) is 1. The average Bonchev–Trinajstić information content (AvgIpc) is 3.07. The zero-order valence-corrected chi connectivity index (χ0v) is 25.3. The summed E-state index contributed by atoms with van der Waals surface area (Å²) in [6, 6.07) is 19.3. The maximum atomic E-state index is 13.1. The molecule has 1 aliphatic rings. The zero-order valence-electron chi connectivity index (χ0n) is 25.3. The number of benzene rings is 2. The van der Waals surface area contributed by atoms with Crippen LogP contribution in [0.3, 0.4) is 0 Å². The molecule has 1 saturated heterocycles. The highest BCUT2D eigenvalue weighted by atomic mass is 16.5. The first-order valence-electron chi connectivity index (χ1n) is 14.5. The zero-order chi connectivity index (χ0) is 32.1. The first-order chi connectivity index (χ1) is 21.6. The number of rotatable bonds is 8. The molecule has 5 rings (SSSR count). The number of carbonyl (C=O) groups is 2. The molecule has 0 aliphatic carbocycles. The minimum absolute atomic E-state index is 0.126. The van der Waals surface area contributed by atoms with E-state index in [0.717, 1.165) is 5.56 Å². The number of nitriles is 1. The highest BCUT2D eigenvalue weighted by Crippen LogP contribution is 2.31. The van der Waals surface area contributed by atoms with Crippen LogP contribution < -0.4 is 16.2 Å². The van der Waals surface area contributed by atoms with Crippen LogP contribution in [0, 0.1) is 11.3 Å². The Balaban J connectivity index is 1.38. The number of anilines is 3. The van der Waals surface area contributed by atoms with Gasteiger partial charge in [-0.05, 0) is 61.4 Å². The molecule has 2 aromatic carbocycles. The van der Waals surface area contributed by atoms with Crippen molar-refractivity contribution in [3.63, 3.8) is 0 Å². The lowest BCUT2D eigenvalue weighted by molar-refractivity contribution is 0.0302. The highest BCUT2D eigenvalue weighted by Gasteiger charge is 2.21. The molecule has 4 aromatic rings. The molecule has 11 nitrogen and oxygen atoms in total. The largest absolute Gasteiger partial charge is 0.392 e. The fourth-order valence-electron chi connectivity index (χ4n) is 5.07. The Labute approximate surface area is 260 Å². The molecule has 0 unspecified atom stereocenters. The minimum atomic E-state index is -0.682. The van der Waals surface area contributed by atoms with E-state index in [1.165, 1.54) is 10.8 Å². The van der Waals surface area contributed by atoms with E-state index in [2.05, 4.69) is 21.7 Å². The second-order valence-corrected chi connectivity index (χ2v) is 11.3. The van der Waals surface area contributed by atoms with Gasteiger partial charge in [-0.1, -0.05) is 24.3 Å². The van der Waals surface area contributed by atoms with Gasteiger partial charge in [0.25, 0.3) is 17.4 Å². The molecule has 230 valence electrons. The molecule has 0 radical (unpaired) electrons. The van der Waals surface area contributed by atoms with Crippen molar-refractivity contribution in [2.24, 2.45) is 7.05 Å². The van der Waals surface area contributed by atoms with E-state index in [-0.39, 0.29) is 29.7 Å². The van der Waals surface area contributed by atoms with Gasteiger partial charge in [0.15, 0.2) is 0 Å². The molecule has 0 saturated carbocycles. The Bertz CT molecular complexity index is 1820. The van der Waals surface area contributed by atoms with E-state index >= 15 is 0 Å². The smallest absolute Gasteiger partial charge is 0.274 e. The van der Waals surface area contributed by atoms with E-state index in [1.54, 1.807) is 78.8 Å². The van der Waals surface area contributed by atoms with E-state index in [1.807, 2.05) is 13.8 Å². The number of nitrogens with zero attached hydrogens (tertiary/aromatic N) is 4. The quantitative estimate of drug-likeness (QED) is 0.270. The number of aromatic nitrogens is 2. The Morgan fingerprint density at radius 3 is 2.40 bits per heavy atom. The van der Waals surface area contributed by atoms with Crippen LogP contribution in [-0.4, -0.2) is 57.7 Å². The van der Waals surface area contributed by atoms with Gasteiger partial charge in [0.1, 0.15) is 11.5 Å². The van der Waals surface area contributed by atoms with Crippen molar-refractivity contribution in [2.45, 2.75) is 25.9 Å². The van der Waals surface area contributed by atoms with Crippen LogP contribution in [0.4, 0.5) is 17.2 Å². The van der Waals surface area contributed by atoms with Crippen molar-refractivity contribution < 1.29 is 19.4 Å². The number of hydrogen-bond acceptors (Lipinski definition) is 8. The number of aliphatic hydroxyl groups is 1. The van der Waals surface area contributed by atoms with Gasteiger partial charge < -0.3 is 29.9 Å². The van der Waals surface area contributed by atoms with Gasteiger partial charge in [-0.2, -0.15) is 5.26 Å². The Hall–Kier alpha value is -5.31. The number of aryl methyl sites for hydroxylation is 1. The van der Waals surface area contributed by atoms with Crippen LogP contribution >= 0.6 is 0 Å². The predicted octanol–water partition coefficient (Wildman–Crippen LogP) is 4.21. The molecule has 0 bridgehead atoms. The lowest BCUT2D eigenvalue weighted by Gasteiger charge is -2.26. The second-order valence-electron chi connectivity index (χ2n) is 11.3. The molecular weight excluding hydrogens is 572 g/mol. The van der Waals surface area contributed by atoms with Gasteiger partial charge in [-0.25, -0.2) is 4.98 Å². The topological polar surface area (TPSA) is 150 Å². The molecule has 1 fully saturated rings. The van der Waals surface area contributed by atoms with Crippen LogP contribution in [0.15, 0.2) is 77.9 Å². The first-order valence-corrected chi connectivity index (χ1v) is 14.5. The molecular formula is C34H34N6O5. The summed E-state index contributed by atoms with van der Waals surface area (Å²) in [6.45, 7) is 5.30. The Morgan fingerprint density at radius 2 is 1.76 bits per heavy atom. The van der Waals surface area contributed by atoms with Gasteiger partial charge in [-0.15, -0.1) is 0 Å². The SMILES string of the molecule is Cn1cc(-c2cccc(NC(=O)c3ccc(C(C)(C)C#N)cc3)c2CO)cc(Nc2ccc(C(=O)N3CCOCC3)cn2)c1=O. The summed E-state index contributed by atoms with van der Waals surface area (Å²) in [5, 5.41) is 25.7. The fourth-order valence-corrected chi connectivity index (χ4v) is 5.07. The van der Waals surface area contributed by atoms with Crippen LogP contribution in [0.5, 0.6) is 0 Å². The van der Waals surface area contributed by atoms with Crippen LogP contribution in [0.2, 0.25) is 0 Å². The molecule has 2 amide bonds. The first kappa shape index (κ1) is 31.1. The number of amides is 2. The van der Waals surface area contributed by atoms with Gasteiger partial charge in [0, 0.05) is 54.9 Å². The number of hydrogen-bond donors (Lipinski definition) is 3. The molecule has 1 aliphatic heterocycles. The number of aliphatic hydroxyl groups excluding tert-OH is 1. The third kappa shape index (κ3) is 6.77. The average molecular weight is 607 g/mol. The summed E-state index contributed by atoms with van der Waals surface area (Å²) in [7, 11) is 1.62. The van der Waals surface area contributed by atoms with Gasteiger partial charge in [0.05, 0.1) is 36.9 Å². The van der Waals surface area contributed by atoms with Crippen molar-refractivity contribution in [2.75, 3.05) is 36.9 Å². The van der Waals surface area contributed by atoms with Gasteiger partial charge >= 0.3 is 0 Å². The van der Waals surface area contributed by atoms with E-state index in [4.69, 9.17) is 4.74 Å². The summed E-state index contributed by atoms with van der Waals surface area (Å²) in [5.41, 5.74) is 3.05. The predicted molar refractivity (Wildman–Crippen MR) is 170 cm³/mol. The third-order valence-electron chi connectivity index (χ3n) is 7.80. The standard InChI is InChI=1S/C34H34N6O5/c1-34(2,21-35)25-10-7-22(8-11-25)31(42)38-28-6-4-5-26(27(28)20-41)24-17-29(33(44)39(3)19-24)37-30-12-9-23(18-36-30)32(43)40-13-15-45-16-14-40/h4-12,17-19,41H,13-16,20H2,1-3H3,(H,36,37)(H,38,42). The number of morpholine rings is 1. The van der Waals surface area contributed by atoms with Gasteiger partial charge in [-0.3, -0.25) is 14.4 Å². The second kappa shape index (κ2) is 13.1. The maximum Gasteiger partial charge on any atom is 0.274 e. The van der Waals surface area contributed by atoms with Crippen LogP contribution in [-0.2, 0) is 23.8 Å². The lowest BCUT2D eigenvalue weighted by Crippen LogP contribution is -2.40. The van der Waals surface area contributed by atoms with Crippen molar-refractivity contribution in [1.29, 1.82) is 5.26 Å². The molecule has 0 atom stereocenters. The number of pyridine rings is 2. The Morgan fingerprint density at radius 1 is 1.04 bits per heavy atom. The minimum Gasteiger partial charge on any atom is -0.392 e. The molecule has 3 heterocycles. The molecule has 2 aromatic heterocycles. The Kier molecular flexibility index (Phi) is 9.08. The molecule has 3 N–H and O–H groups in total. The van der Waals surface area contributed by atoms with Crippen molar-refractivity contribution in [1.82, 2.24) is 14.5 Å². The van der Waals surface area contributed by atoms with E-state index < -0.39 is 5.41 Å². The number of nitrogens with one attached hydrogen (secondary N) is 2. The van der Waals surface area contributed by atoms with Gasteiger partial charge in [0.2, 0.25) is 0 Å². The fraction of sp³-hybridized carbons (Fsp3) is 0.265. The molecule has 0 spiro atoms. The monoisotopic (exact) mass is 606 g/mol. The summed E-state index contributed by atoms with van der Waals surface area (Å²) < 4.78 is 6.74. The summed E-state index contributed by atoms with van der Waals surface area (Å²) in [5.74, 6) is -0.110. The summed E-state index contributed by atoms with van der Waals surface area (Å²) in [4.78, 5) is 45.0. The van der Waals surface area contributed by atoms with E-state index in [9.17, 15) is 24.8 Å². The van der Waals surface area contributed by atoms with Crippen LogP contribution in [0.1, 0.15) is 45.7 Å². The lowest BCUT2D eigenvalue weighted by atomic mass is 9.86. The van der Waals surface area contributed by atoms with Crippen LogP contribution in [0.25, 0.3) is 11.1 Å². The van der Waals surface area contributed by atoms with Crippen molar-refractivity contribution in [3.05, 3.63) is 106 Å². The maximum absolute atomic E-state index is 13.1. The van der Waals surface area contributed by atoms with Crippen molar-refractivity contribution >= 4 is 29.0 Å². The normalized spacial score (nSPS) is 13.2. The highest BCUT2D eigenvalue weighted by molar-refractivity contribution is 6.05. The number of carbonyl (C=O) groups excluding carboxylic acids is 2. The molecule has 45 heavy (non-hydrogen) atoms. The summed E-state index contributed by atoms with van der Waals surface area (Å²) in [6.07, 6.45) is 3.13.